The molecule has 0 aliphatic heterocycles. The van der Waals surface area contributed by atoms with Crippen LogP contribution in [0.4, 0.5) is 5.69 Å². The van der Waals surface area contributed by atoms with Crippen LogP contribution in [-0.2, 0) is 0 Å². The van der Waals surface area contributed by atoms with Crippen LogP contribution < -0.4 is 0 Å². The minimum Gasteiger partial charge on any atom is -0.456 e. The molecule has 0 unspecified atom stereocenters. The lowest BCUT2D eigenvalue weighted by Gasteiger charge is -2.10. The van der Waals surface area contributed by atoms with Gasteiger partial charge in [0.25, 0.3) is 0 Å². The SMILES string of the molecule is [C-]#[N+]c1ccc(-c2ccc3c(c2)oc2nc(-c4ccc(-n5c6ccccc6c6cc7ccccc7cc65)nc4)nc(-c4ccc5oc6ccccc6c5c4)c23)cc1. The fourth-order valence-corrected chi connectivity index (χ4v) is 8.35. The Kier molecular flexibility index (Phi) is 6.56. The van der Waals surface area contributed by atoms with Crippen molar-refractivity contribution in [2.75, 3.05) is 0 Å². The zero-order valence-electron chi connectivity index (χ0n) is 30.1. The van der Waals surface area contributed by atoms with Gasteiger partial charge >= 0.3 is 0 Å². The predicted molar refractivity (Wildman–Crippen MR) is 229 cm³/mol. The third-order valence-electron chi connectivity index (χ3n) is 11.1. The summed E-state index contributed by atoms with van der Waals surface area (Å²) in [5.74, 6) is 1.32. The van der Waals surface area contributed by atoms with Gasteiger partial charge in [-0.05, 0) is 88.6 Å². The summed E-state index contributed by atoms with van der Waals surface area (Å²) in [5, 5.41) is 8.55. The van der Waals surface area contributed by atoms with Crippen molar-refractivity contribution < 1.29 is 8.83 Å². The third kappa shape index (κ3) is 4.81. The van der Waals surface area contributed by atoms with E-state index in [0.717, 1.165) is 77.5 Å². The smallest absolute Gasteiger partial charge is 0.231 e. The summed E-state index contributed by atoms with van der Waals surface area (Å²) in [4.78, 5) is 18.9. The average Bonchev–Trinajstić information content (AvgIpc) is 3.94. The summed E-state index contributed by atoms with van der Waals surface area (Å²) < 4.78 is 15.0. The van der Waals surface area contributed by atoms with Crippen molar-refractivity contribution in [3.63, 3.8) is 0 Å². The largest absolute Gasteiger partial charge is 0.456 e. The molecular weight excluding hydrogens is 703 g/mol. The van der Waals surface area contributed by atoms with Gasteiger partial charge in [-0.15, -0.1) is 0 Å². The van der Waals surface area contributed by atoms with E-state index in [-0.39, 0.29) is 0 Å². The molecule has 5 aromatic heterocycles. The number of hydrogen-bond acceptors (Lipinski definition) is 5. The Morgan fingerprint density at radius 1 is 0.491 bits per heavy atom. The average molecular weight is 730 g/mol. The van der Waals surface area contributed by atoms with Gasteiger partial charge in [0.2, 0.25) is 5.71 Å². The van der Waals surface area contributed by atoms with Gasteiger partial charge in [0.1, 0.15) is 22.6 Å². The van der Waals surface area contributed by atoms with Gasteiger partial charge in [-0.3, -0.25) is 4.57 Å². The number of fused-ring (bicyclic) bond motifs is 10. The van der Waals surface area contributed by atoms with Crippen molar-refractivity contribution in [3.05, 3.63) is 175 Å². The molecule has 0 atom stereocenters. The third-order valence-corrected chi connectivity index (χ3v) is 11.1. The molecule has 0 spiro atoms. The molecule has 12 aromatic rings. The lowest BCUT2D eigenvalue weighted by Crippen LogP contribution is -1.99. The van der Waals surface area contributed by atoms with Crippen LogP contribution in [0.5, 0.6) is 0 Å². The molecule has 0 saturated heterocycles. The second-order valence-corrected chi connectivity index (χ2v) is 14.3. The topological polar surface area (TPSA) is 74.2 Å². The van der Waals surface area contributed by atoms with Crippen LogP contribution >= 0.6 is 0 Å². The Bertz CT molecular complexity index is 3640. The number of para-hydroxylation sites is 2. The first-order valence-corrected chi connectivity index (χ1v) is 18.7. The molecule has 57 heavy (non-hydrogen) atoms. The van der Waals surface area contributed by atoms with Gasteiger partial charge in [-0.1, -0.05) is 91.0 Å². The molecule has 7 aromatic carbocycles. The monoisotopic (exact) mass is 729 g/mol. The maximum absolute atomic E-state index is 7.35. The standard InChI is InChI=1S/C50H27N5O2/c1-51-35-19-14-29(15-20-35)32-16-21-38-45(27-32)57-50-47(38)48(33-17-22-44-40(25-33)37-11-5-7-13-43(37)56-44)53-49(54-50)34-18-23-46(52-28-34)55-41-12-6-4-10-36(41)39-24-30-8-2-3-9-31(30)26-42(39)55/h2-28H. The fourth-order valence-electron chi connectivity index (χ4n) is 8.35. The number of rotatable bonds is 4. The normalized spacial score (nSPS) is 11.8. The van der Waals surface area contributed by atoms with Crippen molar-refractivity contribution in [3.8, 4) is 39.6 Å². The molecule has 7 nitrogen and oxygen atoms in total. The molecule has 0 aliphatic rings. The Balaban J connectivity index is 1.04. The predicted octanol–water partition coefficient (Wildman–Crippen LogP) is 13.5. The Morgan fingerprint density at radius 3 is 2.07 bits per heavy atom. The number of benzene rings is 7. The number of nitrogens with zero attached hydrogens (tertiary/aromatic N) is 5. The van der Waals surface area contributed by atoms with Gasteiger partial charge in [0, 0.05) is 44.3 Å². The van der Waals surface area contributed by atoms with Crippen LogP contribution in [0.3, 0.4) is 0 Å². The Labute approximate surface area is 324 Å². The molecule has 5 heterocycles. The summed E-state index contributed by atoms with van der Waals surface area (Å²) in [5.41, 5.74) is 10.1. The van der Waals surface area contributed by atoms with Gasteiger partial charge in [-0.2, -0.15) is 4.98 Å². The van der Waals surface area contributed by atoms with Gasteiger partial charge < -0.3 is 8.83 Å². The van der Waals surface area contributed by atoms with Crippen LogP contribution in [0.1, 0.15) is 0 Å². The van der Waals surface area contributed by atoms with Crippen molar-refractivity contribution in [1.82, 2.24) is 19.5 Å². The van der Waals surface area contributed by atoms with E-state index in [9.17, 15) is 0 Å². The summed E-state index contributed by atoms with van der Waals surface area (Å²) >= 11 is 0. The lowest BCUT2D eigenvalue weighted by molar-refractivity contribution is 0.654. The van der Waals surface area contributed by atoms with Gasteiger partial charge in [0.15, 0.2) is 11.5 Å². The molecule has 264 valence electrons. The minimum atomic E-state index is 0.487. The zero-order valence-corrected chi connectivity index (χ0v) is 30.1. The quantitative estimate of drug-likeness (QED) is 0.169. The van der Waals surface area contributed by atoms with E-state index < -0.39 is 0 Å². The van der Waals surface area contributed by atoms with Crippen LogP contribution in [0.25, 0.3) is 121 Å². The van der Waals surface area contributed by atoms with Gasteiger partial charge in [-0.25, -0.2) is 14.8 Å². The highest BCUT2D eigenvalue weighted by Gasteiger charge is 2.21. The van der Waals surface area contributed by atoms with Crippen molar-refractivity contribution in [2.45, 2.75) is 0 Å². The summed E-state index contributed by atoms with van der Waals surface area (Å²) in [6.07, 6.45) is 1.85. The van der Waals surface area contributed by atoms with Crippen LogP contribution in [0.2, 0.25) is 0 Å². The van der Waals surface area contributed by atoms with Crippen molar-refractivity contribution >= 4 is 82.3 Å². The van der Waals surface area contributed by atoms with Crippen molar-refractivity contribution in [2.24, 2.45) is 0 Å². The van der Waals surface area contributed by atoms with Crippen LogP contribution in [0, 0.1) is 6.57 Å². The summed E-state index contributed by atoms with van der Waals surface area (Å²) in [6.45, 7) is 7.35. The molecule has 0 fully saturated rings. The molecule has 0 amide bonds. The van der Waals surface area contributed by atoms with Crippen LogP contribution in [-0.4, -0.2) is 19.5 Å². The molecule has 7 heteroatoms. The maximum atomic E-state index is 7.35. The number of aromatic nitrogens is 4. The lowest BCUT2D eigenvalue weighted by atomic mass is 10.0. The van der Waals surface area contributed by atoms with Crippen molar-refractivity contribution in [1.29, 1.82) is 0 Å². The highest BCUT2D eigenvalue weighted by molar-refractivity contribution is 6.14. The summed E-state index contributed by atoms with van der Waals surface area (Å²) in [7, 11) is 0. The van der Waals surface area contributed by atoms with E-state index in [2.05, 4.69) is 100 Å². The molecule has 0 aliphatic carbocycles. The molecule has 0 radical (unpaired) electrons. The van der Waals surface area contributed by atoms with E-state index in [1.807, 2.05) is 72.9 Å². The molecule has 0 bridgehead atoms. The number of pyridine rings is 1. The van der Waals surface area contributed by atoms with E-state index in [0.29, 0.717) is 22.8 Å². The second kappa shape index (κ2) is 12.0. The zero-order chi connectivity index (χ0) is 37.6. The minimum absolute atomic E-state index is 0.487. The van der Waals surface area contributed by atoms with E-state index in [4.69, 9.17) is 30.4 Å². The van der Waals surface area contributed by atoms with Gasteiger partial charge in [0.05, 0.1) is 28.7 Å². The maximum Gasteiger partial charge on any atom is 0.231 e. The van der Waals surface area contributed by atoms with E-state index in [1.165, 1.54) is 21.5 Å². The highest BCUT2D eigenvalue weighted by Crippen LogP contribution is 2.41. The van der Waals surface area contributed by atoms with E-state index in [1.54, 1.807) is 0 Å². The number of hydrogen-bond donors (Lipinski definition) is 0. The second-order valence-electron chi connectivity index (χ2n) is 14.3. The first-order valence-electron chi connectivity index (χ1n) is 18.7. The number of furan rings is 2. The summed E-state index contributed by atoms with van der Waals surface area (Å²) in [6, 6.07) is 53.6. The first-order chi connectivity index (χ1) is 28.2. The Hall–Kier alpha value is -8.08. The fraction of sp³-hybridized carbons (Fsp3) is 0. The highest BCUT2D eigenvalue weighted by atomic mass is 16.3. The first kappa shape index (κ1) is 31.3. The van der Waals surface area contributed by atoms with Crippen LogP contribution in [0.15, 0.2) is 173 Å². The van der Waals surface area contributed by atoms with E-state index >= 15 is 0 Å². The molecule has 0 saturated carbocycles. The Morgan fingerprint density at radius 2 is 1.23 bits per heavy atom. The molecule has 12 rings (SSSR count). The molecule has 0 N–H and O–H groups in total. The molecular formula is C50H27N5O2.